The number of hydrogen-bond acceptors (Lipinski definition) is 4. The molecular formula is C14H17NO3. The van der Waals surface area contributed by atoms with E-state index in [1.165, 1.54) is 6.07 Å². The SMILES string of the molecule is Cc1ccc(CNC(C)c2cc(O)cc(O)c2)o1. The largest absolute Gasteiger partial charge is 0.508 e. The maximum absolute atomic E-state index is 9.43. The van der Waals surface area contributed by atoms with Crippen LogP contribution in [0.15, 0.2) is 34.7 Å². The van der Waals surface area contributed by atoms with Gasteiger partial charge in [-0.15, -0.1) is 0 Å². The lowest BCUT2D eigenvalue weighted by Gasteiger charge is -2.14. The average molecular weight is 247 g/mol. The molecule has 0 aliphatic carbocycles. The summed E-state index contributed by atoms with van der Waals surface area (Å²) in [6.45, 7) is 4.47. The summed E-state index contributed by atoms with van der Waals surface area (Å²) in [7, 11) is 0. The second-order valence-corrected chi connectivity index (χ2v) is 4.40. The number of benzene rings is 1. The van der Waals surface area contributed by atoms with Gasteiger partial charge in [0.05, 0.1) is 6.54 Å². The summed E-state index contributed by atoms with van der Waals surface area (Å²) in [5, 5.41) is 22.1. The Bertz CT molecular complexity index is 513. The summed E-state index contributed by atoms with van der Waals surface area (Å²) in [4.78, 5) is 0. The first kappa shape index (κ1) is 12.5. The quantitative estimate of drug-likeness (QED) is 0.777. The Morgan fingerprint density at radius 1 is 1.17 bits per heavy atom. The van der Waals surface area contributed by atoms with Gasteiger partial charge in [0.1, 0.15) is 23.0 Å². The van der Waals surface area contributed by atoms with E-state index in [2.05, 4.69) is 5.32 Å². The number of phenolic OH excluding ortho intramolecular Hbond substituents is 2. The molecule has 3 N–H and O–H groups in total. The molecule has 4 nitrogen and oxygen atoms in total. The topological polar surface area (TPSA) is 65.6 Å². The molecule has 0 bridgehead atoms. The summed E-state index contributed by atoms with van der Waals surface area (Å²) in [5.41, 5.74) is 0.829. The number of rotatable bonds is 4. The Morgan fingerprint density at radius 2 is 1.83 bits per heavy atom. The molecule has 0 saturated carbocycles. The van der Waals surface area contributed by atoms with Gasteiger partial charge in [0.2, 0.25) is 0 Å². The zero-order chi connectivity index (χ0) is 13.1. The Labute approximate surface area is 106 Å². The molecule has 1 atom stereocenters. The van der Waals surface area contributed by atoms with Crippen molar-refractivity contribution in [2.24, 2.45) is 0 Å². The van der Waals surface area contributed by atoms with Crippen LogP contribution in [-0.2, 0) is 6.54 Å². The van der Waals surface area contributed by atoms with Gasteiger partial charge < -0.3 is 19.9 Å². The second kappa shape index (κ2) is 5.14. The van der Waals surface area contributed by atoms with Crippen molar-refractivity contribution in [3.8, 4) is 11.5 Å². The van der Waals surface area contributed by atoms with Gasteiger partial charge in [0, 0.05) is 12.1 Å². The number of hydrogen-bond donors (Lipinski definition) is 3. The van der Waals surface area contributed by atoms with E-state index in [0.717, 1.165) is 17.1 Å². The minimum atomic E-state index is 0.00778. The normalized spacial score (nSPS) is 12.6. The lowest BCUT2D eigenvalue weighted by Crippen LogP contribution is -2.17. The summed E-state index contributed by atoms with van der Waals surface area (Å²) in [6, 6.07) is 8.42. The van der Waals surface area contributed by atoms with Gasteiger partial charge in [-0.25, -0.2) is 0 Å². The van der Waals surface area contributed by atoms with Crippen molar-refractivity contribution >= 4 is 0 Å². The molecule has 1 heterocycles. The van der Waals surface area contributed by atoms with E-state index in [-0.39, 0.29) is 17.5 Å². The first-order valence-corrected chi connectivity index (χ1v) is 5.86. The molecule has 18 heavy (non-hydrogen) atoms. The zero-order valence-electron chi connectivity index (χ0n) is 10.5. The molecule has 1 aromatic carbocycles. The molecular weight excluding hydrogens is 230 g/mol. The van der Waals surface area contributed by atoms with Gasteiger partial charge in [0.25, 0.3) is 0 Å². The van der Waals surface area contributed by atoms with Crippen LogP contribution in [-0.4, -0.2) is 10.2 Å². The average Bonchev–Trinajstić information content (AvgIpc) is 2.70. The predicted octanol–water partition coefficient (Wildman–Crippen LogP) is 2.85. The highest BCUT2D eigenvalue weighted by Gasteiger charge is 2.08. The van der Waals surface area contributed by atoms with Crippen LogP contribution >= 0.6 is 0 Å². The van der Waals surface area contributed by atoms with Crippen LogP contribution in [0, 0.1) is 6.92 Å². The molecule has 0 saturated heterocycles. The van der Waals surface area contributed by atoms with E-state index < -0.39 is 0 Å². The molecule has 0 aliphatic rings. The Balaban J connectivity index is 2.01. The molecule has 0 fully saturated rings. The molecule has 2 rings (SSSR count). The monoisotopic (exact) mass is 247 g/mol. The van der Waals surface area contributed by atoms with Gasteiger partial charge in [0.15, 0.2) is 0 Å². The highest BCUT2D eigenvalue weighted by atomic mass is 16.3. The van der Waals surface area contributed by atoms with Crippen LogP contribution in [0.1, 0.15) is 30.0 Å². The van der Waals surface area contributed by atoms with Crippen molar-refractivity contribution in [1.82, 2.24) is 5.32 Å². The van der Waals surface area contributed by atoms with Crippen LogP contribution in [0.4, 0.5) is 0 Å². The molecule has 0 spiro atoms. The fourth-order valence-corrected chi connectivity index (χ4v) is 1.82. The fourth-order valence-electron chi connectivity index (χ4n) is 1.82. The number of nitrogens with one attached hydrogen (secondary N) is 1. The van der Waals surface area contributed by atoms with E-state index >= 15 is 0 Å². The second-order valence-electron chi connectivity index (χ2n) is 4.40. The standard InChI is InChI=1S/C14H17NO3/c1-9-3-4-14(18-9)8-15-10(2)11-5-12(16)7-13(17)6-11/h3-7,10,15-17H,8H2,1-2H3. The van der Waals surface area contributed by atoms with Gasteiger partial charge in [-0.3, -0.25) is 0 Å². The smallest absolute Gasteiger partial charge is 0.119 e. The summed E-state index contributed by atoms with van der Waals surface area (Å²) < 4.78 is 5.46. The van der Waals surface area contributed by atoms with Crippen LogP contribution in [0.25, 0.3) is 0 Å². The number of phenols is 2. The predicted molar refractivity (Wildman–Crippen MR) is 68.5 cm³/mol. The third kappa shape index (κ3) is 3.05. The Kier molecular flexibility index (Phi) is 3.58. The number of furan rings is 1. The van der Waals surface area contributed by atoms with Crippen LogP contribution in [0.3, 0.4) is 0 Å². The van der Waals surface area contributed by atoms with E-state index in [4.69, 9.17) is 4.42 Å². The Hall–Kier alpha value is -1.94. The molecule has 96 valence electrons. The molecule has 4 heteroatoms. The third-order valence-electron chi connectivity index (χ3n) is 2.80. The van der Waals surface area contributed by atoms with Gasteiger partial charge in [-0.05, 0) is 43.7 Å². The number of aryl methyl sites for hydroxylation is 1. The maximum atomic E-state index is 9.43. The van der Waals surface area contributed by atoms with Crippen LogP contribution in [0.2, 0.25) is 0 Å². The highest BCUT2D eigenvalue weighted by Crippen LogP contribution is 2.24. The molecule has 0 radical (unpaired) electrons. The van der Waals surface area contributed by atoms with E-state index in [1.54, 1.807) is 12.1 Å². The minimum absolute atomic E-state index is 0.00778. The fraction of sp³-hybridized carbons (Fsp3) is 0.286. The van der Waals surface area contributed by atoms with Crippen LogP contribution in [0.5, 0.6) is 11.5 Å². The van der Waals surface area contributed by atoms with Crippen molar-refractivity contribution < 1.29 is 14.6 Å². The van der Waals surface area contributed by atoms with Crippen molar-refractivity contribution in [2.75, 3.05) is 0 Å². The van der Waals surface area contributed by atoms with Crippen molar-refractivity contribution in [2.45, 2.75) is 26.4 Å². The summed E-state index contributed by atoms with van der Waals surface area (Å²) >= 11 is 0. The van der Waals surface area contributed by atoms with Crippen LogP contribution < -0.4 is 5.32 Å². The third-order valence-corrected chi connectivity index (χ3v) is 2.80. The van der Waals surface area contributed by atoms with Gasteiger partial charge >= 0.3 is 0 Å². The van der Waals surface area contributed by atoms with E-state index in [1.807, 2.05) is 26.0 Å². The van der Waals surface area contributed by atoms with E-state index in [9.17, 15) is 10.2 Å². The van der Waals surface area contributed by atoms with Gasteiger partial charge in [-0.2, -0.15) is 0 Å². The summed E-state index contributed by atoms with van der Waals surface area (Å²) in [6.07, 6.45) is 0. The van der Waals surface area contributed by atoms with Crippen molar-refractivity contribution in [3.63, 3.8) is 0 Å². The number of aromatic hydroxyl groups is 2. The van der Waals surface area contributed by atoms with Crippen molar-refractivity contribution in [1.29, 1.82) is 0 Å². The minimum Gasteiger partial charge on any atom is -0.508 e. The molecule has 2 aromatic rings. The zero-order valence-corrected chi connectivity index (χ0v) is 10.5. The molecule has 0 amide bonds. The van der Waals surface area contributed by atoms with Gasteiger partial charge in [-0.1, -0.05) is 0 Å². The molecule has 1 unspecified atom stereocenters. The first-order chi connectivity index (χ1) is 8.54. The maximum Gasteiger partial charge on any atom is 0.119 e. The van der Waals surface area contributed by atoms with E-state index in [0.29, 0.717) is 6.54 Å². The molecule has 0 aliphatic heterocycles. The first-order valence-electron chi connectivity index (χ1n) is 5.86. The lowest BCUT2D eigenvalue weighted by molar-refractivity contribution is 0.435. The molecule has 1 aromatic heterocycles. The Morgan fingerprint density at radius 3 is 2.39 bits per heavy atom. The lowest BCUT2D eigenvalue weighted by atomic mass is 10.1. The highest BCUT2D eigenvalue weighted by molar-refractivity contribution is 5.37. The van der Waals surface area contributed by atoms with Crippen molar-refractivity contribution in [3.05, 3.63) is 47.4 Å². The summed E-state index contributed by atoms with van der Waals surface area (Å²) in [5.74, 6) is 1.87.